The first-order valence-corrected chi connectivity index (χ1v) is 7.69. The average Bonchev–Trinajstić information content (AvgIpc) is 2.49. The molecule has 21 heavy (non-hydrogen) atoms. The molecule has 6 heteroatoms. The number of hydrogen-bond donors (Lipinski definition) is 1. The number of aliphatic hydroxyl groups excluding tert-OH is 1. The Morgan fingerprint density at radius 2 is 2.05 bits per heavy atom. The van der Waals surface area contributed by atoms with Gasteiger partial charge in [-0.2, -0.15) is 0 Å². The third-order valence-electron chi connectivity index (χ3n) is 4.92. The Morgan fingerprint density at radius 1 is 1.33 bits per heavy atom. The minimum absolute atomic E-state index is 0.0478. The van der Waals surface area contributed by atoms with Crippen LogP contribution in [0.1, 0.15) is 38.5 Å². The maximum absolute atomic E-state index is 10.7. The number of ether oxygens (including phenoxy) is 1. The third-order valence-corrected chi connectivity index (χ3v) is 5.22. The van der Waals surface area contributed by atoms with Gasteiger partial charge in [0, 0.05) is 24.0 Å². The largest absolute Gasteiger partial charge is 0.488 e. The lowest BCUT2D eigenvalue weighted by atomic mass is 9.56. The van der Waals surface area contributed by atoms with Crippen molar-refractivity contribution in [1.82, 2.24) is 0 Å². The molecule has 2 aliphatic carbocycles. The molecule has 0 aliphatic heterocycles. The van der Waals surface area contributed by atoms with Crippen LogP contribution in [0.15, 0.2) is 18.2 Å². The van der Waals surface area contributed by atoms with E-state index < -0.39 is 4.92 Å². The molecule has 2 saturated carbocycles. The summed E-state index contributed by atoms with van der Waals surface area (Å²) < 4.78 is 5.97. The summed E-state index contributed by atoms with van der Waals surface area (Å²) in [5.74, 6) is 0.462. The fraction of sp³-hybridized carbons (Fsp3) is 0.600. The molecule has 1 aromatic rings. The average molecular weight is 312 g/mol. The number of aliphatic hydroxyl groups is 1. The van der Waals surface area contributed by atoms with Crippen LogP contribution in [0.5, 0.6) is 5.75 Å². The fourth-order valence-electron chi connectivity index (χ4n) is 3.61. The molecule has 0 aromatic heterocycles. The topological polar surface area (TPSA) is 72.6 Å². The van der Waals surface area contributed by atoms with E-state index in [2.05, 4.69) is 0 Å². The number of nitro benzene ring substituents is 1. The van der Waals surface area contributed by atoms with Gasteiger partial charge in [0.25, 0.3) is 5.69 Å². The van der Waals surface area contributed by atoms with Crippen molar-refractivity contribution in [1.29, 1.82) is 0 Å². The zero-order chi connectivity index (χ0) is 15.0. The maximum Gasteiger partial charge on any atom is 0.271 e. The Morgan fingerprint density at radius 3 is 2.62 bits per heavy atom. The molecule has 0 amide bonds. The zero-order valence-electron chi connectivity index (χ0n) is 11.6. The second-order valence-electron chi connectivity index (χ2n) is 6.02. The SMILES string of the molecule is O=[N+]([O-])c1ccc(OC2CC(O)C23CCCCC3)c(Cl)c1. The van der Waals surface area contributed by atoms with Crippen molar-refractivity contribution in [3.05, 3.63) is 33.3 Å². The second-order valence-corrected chi connectivity index (χ2v) is 6.43. The molecule has 1 aromatic carbocycles. The van der Waals surface area contributed by atoms with Gasteiger partial charge < -0.3 is 9.84 Å². The molecule has 5 nitrogen and oxygen atoms in total. The molecule has 0 heterocycles. The summed E-state index contributed by atoms with van der Waals surface area (Å²) in [6, 6.07) is 4.24. The molecule has 2 aliphatic rings. The normalized spacial score (nSPS) is 27.1. The highest BCUT2D eigenvalue weighted by Gasteiger charge is 2.56. The predicted octanol–water partition coefficient (Wildman–Crippen LogP) is 3.71. The van der Waals surface area contributed by atoms with Crippen LogP contribution in [0.2, 0.25) is 5.02 Å². The number of nitrogens with zero attached hydrogens (tertiary/aromatic N) is 1. The van der Waals surface area contributed by atoms with E-state index in [1.54, 1.807) is 6.07 Å². The van der Waals surface area contributed by atoms with Crippen molar-refractivity contribution in [2.75, 3.05) is 0 Å². The van der Waals surface area contributed by atoms with E-state index in [1.807, 2.05) is 0 Å². The van der Waals surface area contributed by atoms with Gasteiger partial charge in [-0.1, -0.05) is 30.9 Å². The van der Waals surface area contributed by atoms with Crippen LogP contribution < -0.4 is 4.74 Å². The molecule has 2 unspecified atom stereocenters. The molecule has 0 radical (unpaired) electrons. The Labute approximate surface area is 128 Å². The molecule has 1 N–H and O–H groups in total. The van der Waals surface area contributed by atoms with Gasteiger partial charge >= 0.3 is 0 Å². The summed E-state index contributed by atoms with van der Waals surface area (Å²) in [4.78, 5) is 10.2. The molecule has 1 spiro atoms. The summed E-state index contributed by atoms with van der Waals surface area (Å²) in [6.07, 6.45) is 5.64. The van der Waals surface area contributed by atoms with Crippen LogP contribution in [0.25, 0.3) is 0 Å². The summed E-state index contributed by atoms with van der Waals surface area (Å²) >= 11 is 6.07. The first kappa shape index (κ1) is 14.6. The predicted molar refractivity (Wildman–Crippen MR) is 78.7 cm³/mol. The van der Waals surface area contributed by atoms with Crippen molar-refractivity contribution in [2.45, 2.75) is 50.7 Å². The minimum Gasteiger partial charge on any atom is -0.488 e. The number of nitro groups is 1. The van der Waals surface area contributed by atoms with Gasteiger partial charge in [-0.15, -0.1) is 0 Å². The summed E-state index contributed by atoms with van der Waals surface area (Å²) in [5.41, 5.74) is -0.197. The van der Waals surface area contributed by atoms with Crippen LogP contribution >= 0.6 is 11.6 Å². The lowest BCUT2D eigenvalue weighted by Gasteiger charge is -2.55. The summed E-state index contributed by atoms with van der Waals surface area (Å²) in [6.45, 7) is 0. The Hall–Kier alpha value is -1.33. The van der Waals surface area contributed by atoms with E-state index in [4.69, 9.17) is 16.3 Å². The van der Waals surface area contributed by atoms with Crippen LogP contribution in [0.3, 0.4) is 0 Å². The molecule has 2 atom stereocenters. The van der Waals surface area contributed by atoms with Crippen molar-refractivity contribution in [2.24, 2.45) is 5.41 Å². The summed E-state index contributed by atoms with van der Waals surface area (Å²) in [7, 11) is 0. The van der Waals surface area contributed by atoms with E-state index in [0.29, 0.717) is 12.2 Å². The fourth-order valence-corrected chi connectivity index (χ4v) is 3.83. The number of benzene rings is 1. The van der Waals surface area contributed by atoms with Gasteiger partial charge in [-0.05, 0) is 18.9 Å². The van der Waals surface area contributed by atoms with Crippen LogP contribution in [-0.2, 0) is 0 Å². The highest BCUT2D eigenvalue weighted by atomic mass is 35.5. The quantitative estimate of drug-likeness (QED) is 0.682. The smallest absolute Gasteiger partial charge is 0.271 e. The molecule has 3 rings (SSSR count). The first-order chi connectivity index (χ1) is 10.0. The molecule has 2 fully saturated rings. The molecule has 0 bridgehead atoms. The van der Waals surface area contributed by atoms with Gasteiger partial charge in [0.05, 0.1) is 16.0 Å². The van der Waals surface area contributed by atoms with Gasteiger partial charge in [0.2, 0.25) is 0 Å². The zero-order valence-corrected chi connectivity index (χ0v) is 12.4. The van der Waals surface area contributed by atoms with E-state index in [1.165, 1.54) is 18.6 Å². The lowest BCUT2D eigenvalue weighted by molar-refractivity contribution is -0.384. The number of rotatable bonds is 3. The Balaban J connectivity index is 1.76. The second kappa shape index (κ2) is 5.46. The highest BCUT2D eigenvalue weighted by molar-refractivity contribution is 6.32. The lowest BCUT2D eigenvalue weighted by Crippen LogP contribution is -2.60. The summed E-state index contributed by atoms with van der Waals surface area (Å²) in [5, 5.41) is 21.1. The van der Waals surface area contributed by atoms with Crippen molar-refractivity contribution >= 4 is 17.3 Å². The van der Waals surface area contributed by atoms with Crippen molar-refractivity contribution < 1.29 is 14.8 Å². The van der Waals surface area contributed by atoms with E-state index in [9.17, 15) is 15.2 Å². The first-order valence-electron chi connectivity index (χ1n) is 7.31. The monoisotopic (exact) mass is 311 g/mol. The van der Waals surface area contributed by atoms with Gasteiger partial charge in [0.15, 0.2) is 0 Å². The standard InChI is InChI=1S/C15H18ClNO4/c16-11-8-10(17(19)20)4-5-12(11)21-14-9-13(18)15(14)6-2-1-3-7-15/h4-5,8,13-14,18H,1-3,6-7,9H2. The van der Waals surface area contributed by atoms with E-state index in [-0.39, 0.29) is 28.3 Å². The molecular weight excluding hydrogens is 294 g/mol. The van der Waals surface area contributed by atoms with Crippen LogP contribution in [0, 0.1) is 15.5 Å². The third kappa shape index (κ3) is 2.49. The molecular formula is C15H18ClNO4. The van der Waals surface area contributed by atoms with E-state index >= 15 is 0 Å². The number of halogens is 1. The molecule has 114 valence electrons. The van der Waals surface area contributed by atoms with Crippen LogP contribution in [-0.4, -0.2) is 22.2 Å². The van der Waals surface area contributed by atoms with E-state index in [0.717, 1.165) is 25.7 Å². The van der Waals surface area contributed by atoms with Gasteiger partial charge in [-0.3, -0.25) is 10.1 Å². The van der Waals surface area contributed by atoms with Crippen LogP contribution in [0.4, 0.5) is 5.69 Å². The number of hydrogen-bond acceptors (Lipinski definition) is 4. The number of non-ortho nitro benzene ring substituents is 1. The van der Waals surface area contributed by atoms with Gasteiger partial charge in [0.1, 0.15) is 11.9 Å². The Kier molecular flexibility index (Phi) is 3.80. The maximum atomic E-state index is 10.7. The van der Waals surface area contributed by atoms with Crippen molar-refractivity contribution in [3.8, 4) is 5.75 Å². The van der Waals surface area contributed by atoms with Crippen molar-refractivity contribution in [3.63, 3.8) is 0 Å². The minimum atomic E-state index is -0.481. The van der Waals surface area contributed by atoms with Gasteiger partial charge in [-0.25, -0.2) is 0 Å². The highest BCUT2D eigenvalue weighted by Crippen LogP contribution is 2.53. The Bertz CT molecular complexity index is 557. The molecule has 0 saturated heterocycles.